The molecule has 4 aliphatic rings. The molecule has 6 heteroatoms. The number of phenols is 2. The van der Waals surface area contributed by atoms with Gasteiger partial charge in [0.2, 0.25) is 0 Å². The van der Waals surface area contributed by atoms with Crippen LogP contribution in [-0.2, 0) is 54.1 Å². The number of fused-ring (bicyclic) bond motifs is 8. The number of rotatable bonds is 14. The van der Waals surface area contributed by atoms with Gasteiger partial charge in [-0.25, -0.2) is 8.78 Å². The molecule has 2 N–H and O–H groups in total. The third-order valence-electron chi connectivity index (χ3n) is 27.7. The van der Waals surface area contributed by atoms with Gasteiger partial charge in [0.25, 0.3) is 0 Å². The lowest BCUT2D eigenvalue weighted by molar-refractivity contribution is 0.231. The second kappa shape index (κ2) is 26.4. The van der Waals surface area contributed by atoms with Gasteiger partial charge in [-0.15, -0.1) is 0 Å². The Hall–Kier alpha value is -7.70. The number of halogens is 2. The average Bonchev–Trinajstić information content (AvgIpc) is 0.707. The maximum atomic E-state index is 16.3. The van der Waals surface area contributed by atoms with E-state index < -0.39 is 10.8 Å². The van der Waals surface area contributed by atoms with Crippen LogP contribution in [0.3, 0.4) is 0 Å². The molecule has 10 aromatic carbocycles. The van der Waals surface area contributed by atoms with Gasteiger partial charge in [0, 0.05) is 39.8 Å². The van der Waals surface area contributed by atoms with Crippen LogP contribution in [0, 0.1) is 36.3 Å². The van der Waals surface area contributed by atoms with Crippen LogP contribution >= 0.6 is 0 Å². The summed E-state index contributed by atoms with van der Waals surface area (Å²) in [6.07, 6.45) is 10.3. The summed E-state index contributed by atoms with van der Waals surface area (Å²) < 4.78 is 48.4. The number of aromatic hydroxyl groups is 2. The van der Waals surface area contributed by atoms with Gasteiger partial charge in [-0.05, 0) is 326 Å². The normalized spacial score (nSPS) is 18.7. The highest BCUT2D eigenvalue weighted by Gasteiger charge is 2.45. The standard InChI is InChI=1S/C105H130F2O4/c1-60-40-62(46-68(106)42-60)74-56-84(104(25,26)58-94(3,4)5)92(88(90(74)108)86-70-52-80-76(96(9,10)30-34-100(80,17)18)48-64(70)44-65-49-77-81(53-71(65)86)101(19,20)35-31-97(77,11)12)110-38-29-39-111-93-85(105(27,28)59-95(6,7)8)57-75(63-41-61(2)43-69(107)47-63)91(109)89(93)87-72-54-82-78(98(13,14)32-36-102(82,21)22)50-66(72)45-67-51-79-83(55-73(67)87)103(23,24)37-33-99(79,15)16/h40-57,108-109H,29-39,58-59H2,1-28H3. The van der Waals surface area contributed by atoms with Crippen LogP contribution < -0.4 is 9.47 Å². The molecule has 0 saturated carbocycles. The van der Waals surface area contributed by atoms with Crippen LogP contribution in [0.1, 0.15) is 317 Å². The maximum absolute atomic E-state index is 16.3. The third-order valence-corrected chi connectivity index (χ3v) is 27.7. The molecule has 0 atom stereocenters. The Morgan fingerprint density at radius 2 is 0.559 bits per heavy atom. The first kappa shape index (κ1) is 79.9. The Bertz CT molecular complexity index is 4920. The van der Waals surface area contributed by atoms with E-state index in [1.165, 1.54) is 44.5 Å². The summed E-state index contributed by atoms with van der Waals surface area (Å²) in [5.74, 6) is 0.582. The van der Waals surface area contributed by atoms with E-state index in [1.807, 2.05) is 26.0 Å². The van der Waals surface area contributed by atoms with Crippen LogP contribution in [0.4, 0.5) is 8.78 Å². The Morgan fingerprint density at radius 3 is 0.793 bits per heavy atom. The summed E-state index contributed by atoms with van der Waals surface area (Å²) in [6.45, 7) is 65.6. The zero-order chi connectivity index (χ0) is 81.0. The van der Waals surface area contributed by atoms with Gasteiger partial charge < -0.3 is 19.7 Å². The van der Waals surface area contributed by atoms with Crippen LogP contribution in [0.2, 0.25) is 0 Å². The predicted molar refractivity (Wildman–Crippen MR) is 468 cm³/mol. The molecule has 0 aliphatic heterocycles. The first-order valence-electron chi connectivity index (χ1n) is 41.9. The number of benzene rings is 10. The zero-order valence-electron chi connectivity index (χ0n) is 73.1. The van der Waals surface area contributed by atoms with Gasteiger partial charge in [-0.2, -0.15) is 0 Å². The second-order valence-electron chi connectivity index (χ2n) is 44.4. The number of aryl methyl sites for hydroxylation is 2. The molecule has 0 heterocycles. The molecule has 0 bridgehead atoms. The van der Waals surface area contributed by atoms with Crippen molar-refractivity contribution in [2.45, 2.75) is 319 Å². The lowest BCUT2D eigenvalue weighted by Crippen LogP contribution is -2.34. The summed E-state index contributed by atoms with van der Waals surface area (Å²) in [6, 6.07) is 39.2. The van der Waals surface area contributed by atoms with Gasteiger partial charge in [0.15, 0.2) is 0 Å². The van der Waals surface area contributed by atoms with Gasteiger partial charge in [-0.1, -0.05) is 216 Å². The maximum Gasteiger partial charge on any atom is 0.135 e. The largest absolute Gasteiger partial charge is 0.507 e. The lowest BCUT2D eigenvalue weighted by Gasteiger charge is -2.43. The Balaban J connectivity index is 1.04. The van der Waals surface area contributed by atoms with Crippen LogP contribution in [0.25, 0.3) is 87.6 Å². The summed E-state index contributed by atoms with van der Waals surface area (Å²) >= 11 is 0. The molecule has 0 amide bonds. The minimum Gasteiger partial charge on any atom is -0.507 e. The quantitative estimate of drug-likeness (QED) is 0.0841. The first-order chi connectivity index (χ1) is 51.1. The van der Waals surface area contributed by atoms with Crippen molar-refractivity contribution >= 4 is 43.1 Å². The van der Waals surface area contributed by atoms with E-state index in [0.717, 1.165) is 141 Å². The Kier molecular flexibility index (Phi) is 19.0. The Morgan fingerprint density at radius 1 is 0.315 bits per heavy atom. The fourth-order valence-electron chi connectivity index (χ4n) is 21.6. The molecule has 14 rings (SSSR count). The summed E-state index contributed by atoms with van der Waals surface area (Å²) in [7, 11) is 0. The van der Waals surface area contributed by atoms with E-state index >= 15 is 8.78 Å². The van der Waals surface area contributed by atoms with E-state index in [0.29, 0.717) is 51.3 Å². The predicted octanol–water partition coefficient (Wildman–Crippen LogP) is 29.9. The van der Waals surface area contributed by atoms with Crippen LogP contribution in [-0.4, -0.2) is 23.4 Å². The topological polar surface area (TPSA) is 58.9 Å². The summed E-state index contributed by atoms with van der Waals surface area (Å²) in [5, 5.41) is 37.0. The molecular weight excluding hydrogens is 1360 g/mol. The average molecular weight is 1490 g/mol. The van der Waals surface area contributed by atoms with Crippen molar-refractivity contribution in [3.05, 3.63) is 188 Å². The number of ether oxygens (including phenoxy) is 2. The molecule has 4 aliphatic carbocycles. The molecule has 0 radical (unpaired) electrons. The van der Waals surface area contributed by atoms with Crippen molar-refractivity contribution < 1.29 is 28.5 Å². The summed E-state index contributed by atoms with van der Waals surface area (Å²) in [5.41, 5.74) is 17.1. The third kappa shape index (κ3) is 14.3. The molecule has 4 nitrogen and oxygen atoms in total. The van der Waals surface area contributed by atoms with E-state index in [4.69, 9.17) is 9.47 Å². The van der Waals surface area contributed by atoms with Crippen molar-refractivity contribution in [2.75, 3.05) is 13.2 Å². The monoisotopic (exact) mass is 1490 g/mol. The molecule has 10 aromatic rings. The molecule has 0 spiro atoms. The van der Waals surface area contributed by atoms with E-state index in [1.54, 1.807) is 24.3 Å². The highest BCUT2D eigenvalue weighted by molar-refractivity contribution is 6.18. The molecule has 0 aromatic heterocycles. The summed E-state index contributed by atoms with van der Waals surface area (Å²) in [4.78, 5) is 0. The van der Waals surface area contributed by atoms with Crippen molar-refractivity contribution in [3.8, 4) is 67.5 Å². The highest BCUT2D eigenvalue weighted by atomic mass is 19.1. The Labute approximate surface area is 665 Å². The first-order valence-corrected chi connectivity index (χ1v) is 41.9. The van der Waals surface area contributed by atoms with Crippen molar-refractivity contribution in [1.82, 2.24) is 0 Å². The van der Waals surface area contributed by atoms with E-state index in [2.05, 4.69) is 253 Å². The van der Waals surface area contributed by atoms with Gasteiger partial charge in [-0.3, -0.25) is 0 Å². The SMILES string of the molecule is Cc1cc(F)cc(-c2cc(C(C)(C)CC(C)(C)C)c(OCCCOc3c(C(C)(C)CC(C)(C)C)cc(-c4cc(C)cc(F)c4)c(O)c3-c3c4cc5c(cc4cc4cc6c(cc34)C(C)(C)CCC6(C)C)C(C)(C)CCC5(C)C)c(-c3c4cc5c(cc4cc4cc6c(cc34)C(C)(C)CCC6(C)C)C(C)(C)CCC5(C)C)c2O)c1. The van der Waals surface area contributed by atoms with Crippen molar-refractivity contribution in [2.24, 2.45) is 10.8 Å². The fourth-order valence-corrected chi connectivity index (χ4v) is 21.6. The highest BCUT2D eigenvalue weighted by Crippen LogP contribution is 2.61. The minimum atomic E-state index is -0.571. The lowest BCUT2D eigenvalue weighted by atomic mass is 9.62. The van der Waals surface area contributed by atoms with E-state index in [9.17, 15) is 10.2 Å². The van der Waals surface area contributed by atoms with E-state index in [-0.39, 0.29) is 90.5 Å². The smallest absolute Gasteiger partial charge is 0.135 e. The number of hydrogen-bond donors (Lipinski definition) is 2. The zero-order valence-corrected chi connectivity index (χ0v) is 73.1. The van der Waals surface area contributed by atoms with Gasteiger partial charge in [0.1, 0.15) is 34.6 Å². The van der Waals surface area contributed by atoms with Crippen molar-refractivity contribution in [1.29, 1.82) is 0 Å². The second-order valence-corrected chi connectivity index (χ2v) is 44.4. The van der Waals surface area contributed by atoms with Gasteiger partial charge >= 0.3 is 0 Å². The molecule has 0 saturated heterocycles. The molecule has 0 unspecified atom stereocenters. The molecular formula is C105H130F2O4. The van der Waals surface area contributed by atoms with Crippen LogP contribution in [0.5, 0.6) is 23.0 Å². The molecule has 588 valence electrons. The fraction of sp³-hybridized carbons (Fsp3) is 0.505. The van der Waals surface area contributed by atoms with Crippen molar-refractivity contribution in [3.63, 3.8) is 0 Å². The molecule has 111 heavy (non-hydrogen) atoms. The number of hydrogen-bond acceptors (Lipinski definition) is 4. The van der Waals surface area contributed by atoms with Gasteiger partial charge in [0.05, 0.1) is 24.3 Å². The minimum absolute atomic E-state index is 0.0492. The van der Waals surface area contributed by atoms with Crippen LogP contribution in [0.15, 0.2) is 109 Å². The molecule has 0 fully saturated rings. The number of phenolic OH excluding ortho intramolecular Hbond substituents is 2.